The predicted molar refractivity (Wildman–Crippen MR) is 110 cm³/mol. The standard InChI is InChI=1S/C23H24N4O2/c28-23(25-18-4-1-2-5-18)21-15-17(22-20(26-21)10-13-29-22)14-16-6-8-19(9-7-16)27-12-3-11-24-27/h3,6-9,11-12,15,18H,1-2,4-5,10,13-14H2,(H,25,28). The molecule has 0 unspecified atom stereocenters. The zero-order valence-corrected chi connectivity index (χ0v) is 16.3. The number of nitrogens with zero attached hydrogens (tertiary/aromatic N) is 3. The van der Waals surface area contributed by atoms with Crippen LogP contribution in [0.4, 0.5) is 0 Å². The van der Waals surface area contributed by atoms with Crippen molar-refractivity contribution in [2.24, 2.45) is 0 Å². The summed E-state index contributed by atoms with van der Waals surface area (Å²) in [7, 11) is 0. The first-order valence-corrected chi connectivity index (χ1v) is 10.3. The summed E-state index contributed by atoms with van der Waals surface area (Å²) in [4.78, 5) is 17.4. The maximum atomic E-state index is 12.8. The van der Waals surface area contributed by atoms with Crippen LogP contribution in [0.2, 0.25) is 0 Å². The first-order valence-electron chi connectivity index (χ1n) is 10.3. The van der Waals surface area contributed by atoms with Gasteiger partial charge in [-0.1, -0.05) is 25.0 Å². The Morgan fingerprint density at radius 1 is 1.21 bits per heavy atom. The molecule has 2 aromatic heterocycles. The molecule has 0 saturated heterocycles. The van der Waals surface area contributed by atoms with Crippen LogP contribution < -0.4 is 10.1 Å². The molecule has 29 heavy (non-hydrogen) atoms. The van der Waals surface area contributed by atoms with Crippen LogP contribution in [0.25, 0.3) is 5.69 Å². The third-order valence-corrected chi connectivity index (χ3v) is 5.73. The monoisotopic (exact) mass is 388 g/mol. The molecule has 1 N–H and O–H groups in total. The van der Waals surface area contributed by atoms with Gasteiger partial charge < -0.3 is 10.1 Å². The summed E-state index contributed by atoms with van der Waals surface area (Å²) in [6.07, 6.45) is 9.66. The van der Waals surface area contributed by atoms with Crippen molar-refractivity contribution in [1.82, 2.24) is 20.1 Å². The van der Waals surface area contributed by atoms with E-state index in [0.29, 0.717) is 18.7 Å². The lowest BCUT2D eigenvalue weighted by atomic mass is 10.0. The minimum Gasteiger partial charge on any atom is -0.491 e. The van der Waals surface area contributed by atoms with E-state index in [1.54, 1.807) is 6.20 Å². The van der Waals surface area contributed by atoms with Crippen LogP contribution in [0.1, 0.15) is 53.0 Å². The molecule has 148 valence electrons. The molecular weight excluding hydrogens is 364 g/mol. The van der Waals surface area contributed by atoms with Gasteiger partial charge in [0, 0.05) is 36.8 Å². The van der Waals surface area contributed by atoms with E-state index in [2.05, 4.69) is 39.7 Å². The van der Waals surface area contributed by atoms with Crippen molar-refractivity contribution in [3.8, 4) is 11.4 Å². The van der Waals surface area contributed by atoms with Gasteiger partial charge in [-0.05, 0) is 42.7 Å². The van der Waals surface area contributed by atoms with Gasteiger partial charge >= 0.3 is 0 Å². The Morgan fingerprint density at radius 3 is 2.79 bits per heavy atom. The molecule has 0 atom stereocenters. The Bertz CT molecular complexity index is 1010. The van der Waals surface area contributed by atoms with Gasteiger partial charge in [0.2, 0.25) is 0 Å². The molecule has 6 nitrogen and oxygen atoms in total. The Balaban J connectivity index is 1.39. The fourth-order valence-electron chi connectivity index (χ4n) is 4.22. The molecule has 3 aromatic rings. The first-order chi connectivity index (χ1) is 14.3. The van der Waals surface area contributed by atoms with Crippen LogP contribution in [0, 0.1) is 0 Å². The van der Waals surface area contributed by atoms with E-state index in [0.717, 1.165) is 47.5 Å². The molecule has 6 heteroatoms. The fourth-order valence-corrected chi connectivity index (χ4v) is 4.22. The van der Waals surface area contributed by atoms with Gasteiger partial charge in [0.05, 0.1) is 18.0 Å². The predicted octanol–water partition coefficient (Wildman–Crippen LogP) is 3.47. The number of ether oxygens (including phenoxy) is 1. The second-order valence-corrected chi connectivity index (χ2v) is 7.79. The van der Waals surface area contributed by atoms with Crippen LogP contribution in [0.15, 0.2) is 48.8 Å². The van der Waals surface area contributed by atoms with Gasteiger partial charge in [0.1, 0.15) is 11.4 Å². The summed E-state index contributed by atoms with van der Waals surface area (Å²) in [6.45, 7) is 0.626. The number of hydrogen-bond acceptors (Lipinski definition) is 4. The second kappa shape index (κ2) is 7.70. The lowest BCUT2D eigenvalue weighted by Gasteiger charge is -2.14. The zero-order chi connectivity index (χ0) is 19.6. The topological polar surface area (TPSA) is 69.0 Å². The van der Waals surface area contributed by atoms with E-state index >= 15 is 0 Å². The molecule has 1 amide bonds. The highest BCUT2D eigenvalue weighted by atomic mass is 16.5. The number of hydrogen-bond donors (Lipinski definition) is 1. The maximum Gasteiger partial charge on any atom is 0.270 e. The Morgan fingerprint density at radius 2 is 2.03 bits per heavy atom. The third-order valence-electron chi connectivity index (χ3n) is 5.73. The number of rotatable bonds is 5. The Labute approximate surface area is 169 Å². The summed E-state index contributed by atoms with van der Waals surface area (Å²) in [5.74, 6) is 0.778. The summed E-state index contributed by atoms with van der Waals surface area (Å²) in [5.41, 5.74) is 4.60. The lowest BCUT2D eigenvalue weighted by Crippen LogP contribution is -2.33. The van der Waals surface area contributed by atoms with E-state index in [9.17, 15) is 4.79 Å². The van der Waals surface area contributed by atoms with Crippen molar-refractivity contribution in [3.05, 3.63) is 71.3 Å². The molecule has 1 aliphatic carbocycles. The molecule has 1 aromatic carbocycles. The number of nitrogens with one attached hydrogen (secondary N) is 1. The molecule has 0 spiro atoms. The molecule has 0 bridgehead atoms. The van der Waals surface area contributed by atoms with Gasteiger partial charge in [-0.25, -0.2) is 9.67 Å². The van der Waals surface area contributed by atoms with Gasteiger partial charge in [-0.15, -0.1) is 0 Å². The summed E-state index contributed by atoms with van der Waals surface area (Å²) >= 11 is 0. The molecule has 5 rings (SSSR count). The number of pyridine rings is 1. The van der Waals surface area contributed by atoms with Crippen molar-refractivity contribution >= 4 is 5.91 Å². The van der Waals surface area contributed by atoms with Gasteiger partial charge in [-0.2, -0.15) is 5.10 Å². The lowest BCUT2D eigenvalue weighted by molar-refractivity contribution is 0.0932. The van der Waals surface area contributed by atoms with E-state index in [1.807, 2.05) is 23.0 Å². The van der Waals surface area contributed by atoms with Crippen molar-refractivity contribution in [1.29, 1.82) is 0 Å². The summed E-state index contributed by atoms with van der Waals surface area (Å²) in [6, 6.07) is 12.4. The number of amides is 1. The van der Waals surface area contributed by atoms with Crippen molar-refractivity contribution in [2.75, 3.05) is 6.61 Å². The molecule has 1 aliphatic heterocycles. The molecule has 0 radical (unpaired) electrons. The minimum absolute atomic E-state index is 0.0677. The van der Waals surface area contributed by atoms with Crippen LogP contribution >= 0.6 is 0 Å². The number of carbonyl (C=O) groups excluding carboxylic acids is 1. The highest BCUT2D eigenvalue weighted by Gasteiger charge is 2.24. The number of carbonyl (C=O) groups is 1. The third kappa shape index (κ3) is 3.75. The van der Waals surface area contributed by atoms with Crippen LogP contribution in [0.5, 0.6) is 5.75 Å². The molecule has 2 aliphatic rings. The smallest absolute Gasteiger partial charge is 0.270 e. The number of fused-ring (bicyclic) bond motifs is 1. The van der Waals surface area contributed by atoms with Crippen LogP contribution in [0.3, 0.4) is 0 Å². The van der Waals surface area contributed by atoms with Gasteiger partial charge in [-0.3, -0.25) is 4.79 Å². The Kier molecular flexibility index (Phi) is 4.76. The number of aromatic nitrogens is 3. The quantitative estimate of drug-likeness (QED) is 0.727. The summed E-state index contributed by atoms with van der Waals surface area (Å²) in [5, 5.41) is 7.41. The zero-order valence-electron chi connectivity index (χ0n) is 16.3. The highest BCUT2D eigenvalue weighted by molar-refractivity contribution is 5.93. The van der Waals surface area contributed by atoms with Gasteiger partial charge in [0.25, 0.3) is 5.91 Å². The largest absolute Gasteiger partial charge is 0.491 e. The van der Waals surface area contributed by atoms with E-state index in [4.69, 9.17) is 4.74 Å². The molecule has 1 fully saturated rings. The van der Waals surface area contributed by atoms with E-state index < -0.39 is 0 Å². The number of benzene rings is 1. The van der Waals surface area contributed by atoms with Crippen LogP contribution in [-0.2, 0) is 12.8 Å². The fraction of sp³-hybridized carbons (Fsp3) is 0.348. The molecular formula is C23H24N4O2. The Hall–Kier alpha value is -3.15. The molecule has 1 saturated carbocycles. The average Bonchev–Trinajstić information content (AvgIpc) is 3.50. The highest BCUT2D eigenvalue weighted by Crippen LogP contribution is 2.31. The van der Waals surface area contributed by atoms with E-state index in [1.165, 1.54) is 12.8 Å². The SMILES string of the molecule is O=C(NC1CCCC1)c1cc(Cc2ccc(-n3cccn3)cc2)c2c(n1)CCO2. The first kappa shape index (κ1) is 17.9. The van der Waals surface area contributed by atoms with Crippen molar-refractivity contribution in [2.45, 2.75) is 44.6 Å². The van der Waals surface area contributed by atoms with Crippen LogP contribution in [-0.4, -0.2) is 33.3 Å². The van der Waals surface area contributed by atoms with Crippen molar-refractivity contribution < 1.29 is 9.53 Å². The maximum absolute atomic E-state index is 12.8. The minimum atomic E-state index is -0.0677. The van der Waals surface area contributed by atoms with Gasteiger partial charge in [0.15, 0.2) is 0 Å². The summed E-state index contributed by atoms with van der Waals surface area (Å²) < 4.78 is 7.68. The molecule has 3 heterocycles. The van der Waals surface area contributed by atoms with Crippen molar-refractivity contribution in [3.63, 3.8) is 0 Å². The average molecular weight is 388 g/mol. The second-order valence-electron chi connectivity index (χ2n) is 7.79. The van der Waals surface area contributed by atoms with E-state index in [-0.39, 0.29) is 11.9 Å². The normalized spacial score (nSPS) is 15.9.